The summed E-state index contributed by atoms with van der Waals surface area (Å²) in [7, 11) is -2.50. The maximum absolute atomic E-state index is 13.5. The van der Waals surface area contributed by atoms with Crippen molar-refractivity contribution in [1.82, 2.24) is 19.3 Å². The van der Waals surface area contributed by atoms with Gasteiger partial charge in [0.15, 0.2) is 0 Å². The number of aromatic amines is 1. The number of aromatic nitrogens is 3. The van der Waals surface area contributed by atoms with Gasteiger partial charge in [0.05, 0.1) is 17.6 Å². The van der Waals surface area contributed by atoms with Gasteiger partial charge in [-0.05, 0) is 42.5 Å². The highest BCUT2D eigenvalue weighted by Crippen LogP contribution is 2.23. The van der Waals surface area contributed by atoms with E-state index in [2.05, 4.69) is 20.3 Å². The number of likely N-dealkylation sites (N-methyl/N-ethyl adjacent to an activating group) is 1. The third kappa shape index (κ3) is 4.44. The molecule has 0 aliphatic heterocycles. The molecule has 0 spiro atoms. The second kappa shape index (κ2) is 8.25. The van der Waals surface area contributed by atoms with Crippen LogP contribution in [0.2, 0.25) is 0 Å². The van der Waals surface area contributed by atoms with Crippen molar-refractivity contribution in [2.24, 2.45) is 0 Å². The normalized spacial score (nSPS) is 11.7. The predicted molar refractivity (Wildman–Crippen MR) is 114 cm³/mol. The number of pyridine rings is 1. The summed E-state index contributed by atoms with van der Waals surface area (Å²) in [5.41, 5.74) is 2.37. The molecule has 158 valence electrons. The van der Waals surface area contributed by atoms with Crippen LogP contribution in [0.25, 0.3) is 22.4 Å². The minimum Gasteiger partial charge on any atom is -0.338 e. The minimum absolute atomic E-state index is 0.00839. The van der Waals surface area contributed by atoms with Crippen molar-refractivity contribution in [2.45, 2.75) is 4.90 Å². The molecule has 0 aliphatic rings. The largest absolute Gasteiger partial charge is 0.338 e. The van der Waals surface area contributed by atoms with Gasteiger partial charge in [0.2, 0.25) is 15.9 Å². The Balaban J connectivity index is 1.49. The smallest absolute Gasteiger partial charge is 0.244 e. The number of nitrogens with zero attached hydrogens (tertiary/aromatic N) is 3. The first-order valence-corrected chi connectivity index (χ1v) is 10.7. The molecule has 0 aliphatic carbocycles. The van der Waals surface area contributed by atoms with Gasteiger partial charge in [-0.25, -0.2) is 17.8 Å². The molecule has 0 atom stereocenters. The van der Waals surface area contributed by atoms with Gasteiger partial charge in [-0.15, -0.1) is 0 Å². The zero-order chi connectivity index (χ0) is 22.0. The molecule has 31 heavy (non-hydrogen) atoms. The van der Waals surface area contributed by atoms with E-state index in [1.165, 1.54) is 43.7 Å². The zero-order valence-electron chi connectivity index (χ0n) is 16.4. The highest BCUT2D eigenvalue weighted by atomic mass is 32.2. The molecule has 4 aromatic rings. The molecule has 2 aromatic heterocycles. The van der Waals surface area contributed by atoms with E-state index in [1.54, 1.807) is 30.3 Å². The number of sulfonamides is 1. The molecule has 0 saturated carbocycles. The van der Waals surface area contributed by atoms with Gasteiger partial charge in [0, 0.05) is 30.7 Å². The first-order chi connectivity index (χ1) is 14.8. The lowest BCUT2D eigenvalue weighted by atomic mass is 10.2. The van der Waals surface area contributed by atoms with Crippen molar-refractivity contribution in [3.8, 4) is 11.4 Å². The molecule has 10 heteroatoms. The summed E-state index contributed by atoms with van der Waals surface area (Å²) < 4.78 is 39.5. The molecule has 1 amide bonds. The van der Waals surface area contributed by atoms with E-state index < -0.39 is 15.9 Å². The first-order valence-electron chi connectivity index (χ1n) is 9.25. The Morgan fingerprint density at radius 2 is 2.00 bits per heavy atom. The standard InChI is InChI=1S/C21H18FN5O3S/c1-27(31(29,30)17-6-3-9-23-12-17)13-20(28)24-16-7-8-18-19(11-16)26-21(25-18)14-4-2-5-15(22)10-14/h2-12H,13H2,1H3,(H,24,28)(H,25,26). The van der Waals surface area contributed by atoms with Crippen LogP contribution in [0.5, 0.6) is 0 Å². The van der Waals surface area contributed by atoms with Crippen molar-refractivity contribution in [3.05, 3.63) is 72.8 Å². The van der Waals surface area contributed by atoms with E-state index in [0.29, 0.717) is 28.1 Å². The van der Waals surface area contributed by atoms with E-state index in [-0.39, 0.29) is 17.3 Å². The Morgan fingerprint density at radius 3 is 2.74 bits per heavy atom. The first kappa shape index (κ1) is 20.6. The van der Waals surface area contributed by atoms with Crippen LogP contribution < -0.4 is 5.32 Å². The summed E-state index contributed by atoms with van der Waals surface area (Å²) in [5, 5.41) is 2.68. The number of halogens is 1. The third-order valence-electron chi connectivity index (χ3n) is 4.57. The number of carbonyl (C=O) groups excluding carboxylic acids is 1. The quantitative estimate of drug-likeness (QED) is 0.480. The van der Waals surface area contributed by atoms with Gasteiger partial charge in [-0.1, -0.05) is 12.1 Å². The summed E-state index contributed by atoms with van der Waals surface area (Å²) in [6, 6.07) is 14.0. The maximum atomic E-state index is 13.5. The summed E-state index contributed by atoms with van der Waals surface area (Å²) in [5.74, 6) is -0.365. The molecule has 0 fully saturated rings. The fraction of sp³-hybridized carbons (Fsp3) is 0.0952. The number of amides is 1. The Hall–Kier alpha value is -3.63. The number of anilines is 1. The molecule has 8 nitrogen and oxygen atoms in total. The van der Waals surface area contributed by atoms with Gasteiger partial charge < -0.3 is 10.3 Å². The van der Waals surface area contributed by atoms with E-state index in [9.17, 15) is 17.6 Å². The summed E-state index contributed by atoms with van der Waals surface area (Å²) in [6.45, 7) is -0.368. The van der Waals surface area contributed by atoms with Crippen molar-refractivity contribution in [2.75, 3.05) is 18.9 Å². The van der Waals surface area contributed by atoms with Gasteiger partial charge in [-0.3, -0.25) is 9.78 Å². The molecule has 2 aromatic carbocycles. The van der Waals surface area contributed by atoms with Gasteiger partial charge in [0.25, 0.3) is 0 Å². The Morgan fingerprint density at radius 1 is 1.16 bits per heavy atom. The van der Waals surface area contributed by atoms with Gasteiger partial charge in [0.1, 0.15) is 16.5 Å². The molecule has 2 heterocycles. The van der Waals surface area contributed by atoms with Crippen LogP contribution in [0.15, 0.2) is 71.9 Å². The average molecular weight is 439 g/mol. The number of rotatable bonds is 6. The molecule has 0 saturated heterocycles. The van der Waals surface area contributed by atoms with Crippen LogP contribution in [0, 0.1) is 5.82 Å². The summed E-state index contributed by atoms with van der Waals surface area (Å²) >= 11 is 0. The summed E-state index contributed by atoms with van der Waals surface area (Å²) in [4.78, 5) is 23.7. The fourth-order valence-corrected chi connectivity index (χ4v) is 4.12. The highest BCUT2D eigenvalue weighted by Gasteiger charge is 2.23. The van der Waals surface area contributed by atoms with Crippen molar-refractivity contribution >= 4 is 32.7 Å². The third-order valence-corrected chi connectivity index (χ3v) is 6.36. The van der Waals surface area contributed by atoms with Crippen LogP contribution in [0.3, 0.4) is 0 Å². The highest BCUT2D eigenvalue weighted by molar-refractivity contribution is 7.89. The van der Waals surface area contributed by atoms with Crippen LogP contribution in [-0.2, 0) is 14.8 Å². The molecule has 4 rings (SSSR count). The second-order valence-electron chi connectivity index (χ2n) is 6.83. The van der Waals surface area contributed by atoms with Crippen LogP contribution >= 0.6 is 0 Å². The molecule has 2 N–H and O–H groups in total. The summed E-state index contributed by atoms with van der Waals surface area (Å²) in [6.07, 6.45) is 2.70. The van der Waals surface area contributed by atoms with Crippen LogP contribution in [0.4, 0.5) is 10.1 Å². The maximum Gasteiger partial charge on any atom is 0.244 e. The van der Waals surface area contributed by atoms with Crippen molar-refractivity contribution in [1.29, 1.82) is 0 Å². The number of nitrogens with one attached hydrogen (secondary N) is 2. The lowest BCUT2D eigenvalue weighted by Crippen LogP contribution is -2.35. The minimum atomic E-state index is -3.83. The SMILES string of the molecule is CN(CC(=O)Nc1ccc2nc(-c3cccc(F)c3)[nH]c2c1)S(=O)(=O)c1cccnc1. The zero-order valence-corrected chi connectivity index (χ0v) is 17.2. The van der Waals surface area contributed by atoms with E-state index in [4.69, 9.17) is 0 Å². The van der Waals surface area contributed by atoms with Crippen molar-refractivity contribution in [3.63, 3.8) is 0 Å². The topological polar surface area (TPSA) is 108 Å². The molecule has 0 unspecified atom stereocenters. The number of hydrogen-bond acceptors (Lipinski definition) is 5. The average Bonchev–Trinajstić information content (AvgIpc) is 3.18. The number of carbonyl (C=O) groups is 1. The molecular formula is C21H18FN5O3S. The lowest BCUT2D eigenvalue weighted by Gasteiger charge is -2.16. The van der Waals surface area contributed by atoms with E-state index in [0.717, 1.165) is 4.31 Å². The Bertz CT molecular complexity index is 1360. The molecule has 0 radical (unpaired) electrons. The van der Waals surface area contributed by atoms with Gasteiger partial charge >= 0.3 is 0 Å². The number of benzene rings is 2. The number of imidazole rings is 1. The van der Waals surface area contributed by atoms with E-state index >= 15 is 0 Å². The Kier molecular flexibility index (Phi) is 5.49. The monoisotopic (exact) mass is 439 g/mol. The molecule has 0 bridgehead atoms. The van der Waals surface area contributed by atoms with Crippen LogP contribution in [0.1, 0.15) is 0 Å². The Labute approximate surface area is 177 Å². The number of hydrogen-bond donors (Lipinski definition) is 2. The number of fused-ring (bicyclic) bond motifs is 1. The second-order valence-corrected chi connectivity index (χ2v) is 8.87. The molecular weight excluding hydrogens is 421 g/mol. The van der Waals surface area contributed by atoms with Crippen molar-refractivity contribution < 1.29 is 17.6 Å². The van der Waals surface area contributed by atoms with Crippen LogP contribution in [-0.4, -0.2) is 47.2 Å². The lowest BCUT2D eigenvalue weighted by molar-refractivity contribution is -0.116. The van der Waals surface area contributed by atoms with Gasteiger partial charge in [-0.2, -0.15) is 4.31 Å². The fourth-order valence-electron chi connectivity index (χ4n) is 3.03. The number of H-pyrrole nitrogens is 1. The van der Waals surface area contributed by atoms with E-state index in [1.807, 2.05) is 0 Å². The predicted octanol–water partition coefficient (Wildman–Crippen LogP) is 3.02.